The molecule has 28 heavy (non-hydrogen) atoms. The molecule has 2 aliphatic heterocycles. The van der Waals surface area contributed by atoms with Crippen molar-refractivity contribution in [3.05, 3.63) is 18.5 Å². The fourth-order valence-electron chi connectivity index (χ4n) is 3.19. The molecule has 2 fully saturated rings. The average molecular weight is 515 g/mol. The fraction of sp³-hybridized carbons (Fsp3) is 0.688. The Bertz CT molecular complexity index is 620. The van der Waals surface area contributed by atoms with Crippen LogP contribution >= 0.6 is 24.0 Å². The second-order valence-electron chi connectivity index (χ2n) is 6.43. The highest BCUT2D eigenvalue weighted by Gasteiger charge is 2.43. The first-order chi connectivity index (χ1) is 12.9. The first-order valence-electron chi connectivity index (χ1n) is 8.90. The van der Waals surface area contributed by atoms with E-state index in [2.05, 4.69) is 15.0 Å². The molecule has 0 spiro atoms. The summed E-state index contributed by atoms with van der Waals surface area (Å²) in [5.74, 6) is 0.781. The van der Waals surface area contributed by atoms with Crippen molar-refractivity contribution in [3.63, 3.8) is 0 Å². The maximum absolute atomic E-state index is 13.4. The monoisotopic (exact) mass is 515 g/mol. The van der Waals surface area contributed by atoms with E-state index in [0.717, 1.165) is 0 Å². The highest BCUT2D eigenvalue weighted by molar-refractivity contribution is 14.0. The minimum atomic E-state index is -4.36. The van der Waals surface area contributed by atoms with Gasteiger partial charge in [0.15, 0.2) is 5.96 Å². The van der Waals surface area contributed by atoms with Gasteiger partial charge in [0.25, 0.3) is 0 Å². The first kappa shape index (κ1) is 22.9. The third-order valence-corrected chi connectivity index (χ3v) is 4.73. The Kier molecular flexibility index (Phi) is 8.49. The van der Waals surface area contributed by atoms with Gasteiger partial charge in [0, 0.05) is 51.7 Å². The zero-order valence-electron chi connectivity index (χ0n) is 15.4. The minimum absolute atomic E-state index is 0. The number of alkyl halides is 3. The minimum Gasteiger partial charge on any atom is -0.379 e. The standard InChI is InChI=1S/C16H24F3N7O.HI/c17-16(18,19)13(24-8-10-27-11-9-24)12-23-14(20)25-4-6-26(7-5-25)15-21-2-1-3-22-15;/h1-3,13H,4-12H2,(H2,20,23);1H. The van der Waals surface area contributed by atoms with Gasteiger partial charge in [0.1, 0.15) is 6.04 Å². The van der Waals surface area contributed by atoms with Gasteiger partial charge in [0.2, 0.25) is 5.95 Å². The lowest BCUT2D eigenvalue weighted by molar-refractivity contribution is -0.188. The molecule has 158 valence electrons. The molecular weight excluding hydrogens is 490 g/mol. The molecule has 2 aliphatic rings. The van der Waals surface area contributed by atoms with E-state index in [0.29, 0.717) is 45.3 Å². The molecule has 1 unspecified atom stereocenters. The van der Waals surface area contributed by atoms with Gasteiger partial charge in [-0.2, -0.15) is 13.2 Å². The molecule has 2 N–H and O–H groups in total. The molecule has 1 atom stereocenters. The number of guanidine groups is 1. The van der Waals surface area contributed by atoms with Crippen molar-refractivity contribution in [3.8, 4) is 0 Å². The molecule has 3 rings (SSSR count). The number of rotatable bonds is 4. The van der Waals surface area contributed by atoms with Crippen LogP contribution in [0.25, 0.3) is 0 Å². The van der Waals surface area contributed by atoms with Gasteiger partial charge < -0.3 is 20.3 Å². The number of hydrogen-bond donors (Lipinski definition) is 1. The molecule has 8 nitrogen and oxygen atoms in total. The van der Waals surface area contributed by atoms with Gasteiger partial charge in [0.05, 0.1) is 19.8 Å². The number of hydrogen-bond acceptors (Lipinski definition) is 6. The van der Waals surface area contributed by atoms with E-state index >= 15 is 0 Å². The number of halogens is 4. The fourth-order valence-corrected chi connectivity index (χ4v) is 3.19. The second kappa shape index (κ2) is 10.4. The summed E-state index contributed by atoms with van der Waals surface area (Å²) in [7, 11) is 0. The molecule has 0 radical (unpaired) electrons. The summed E-state index contributed by atoms with van der Waals surface area (Å²) >= 11 is 0. The van der Waals surface area contributed by atoms with Crippen LogP contribution in [0.4, 0.5) is 19.1 Å². The van der Waals surface area contributed by atoms with Crippen molar-refractivity contribution in [2.75, 3.05) is 63.9 Å². The molecule has 12 heteroatoms. The molecule has 2 saturated heterocycles. The number of ether oxygens (including phenoxy) is 1. The van der Waals surface area contributed by atoms with E-state index < -0.39 is 18.8 Å². The van der Waals surface area contributed by atoms with E-state index in [9.17, 15) is 13.2 Å². The van der Waals surface area contributed by atoms with Crippen molar-refractivity contribution in [2.45, 2.75) is 12.2 Å². The highest BCUT2D eigenvalue weighted by Crippen LogP contribution is 2.26. The first-order valence-corrected chi connectivity index (χ1v) is 8.90. The Morgan fingerprint density at radius 1 is 1.11 bits per heavy atom. The Labute approximate surface area is 179 Å². The molecule has 0 aliphatic carbocycles. The van der Waals surface area contributed by atoms with E-state index in [-0.39, 0.29) is 43.0 Å². The Balaban J connectivity index is 0.00000280. The lowest BCUT2D eigenvalue weighted by Crippen LogP contribution is -2.54. The van der Waals surface area contributed by atoms with Crippen LogP contribution < -0.4 is 10.6 Å². The third kappa shape index (κ3) is 6.04. The summed E-state index contributed by atoms with van der Waals surface area (Å²) in [4.78, 5) is 17.6. The lowest BCUT2D eigenvalue weighted by Gasteiger charge is -2.36. The normalized spacial score (nSPS) is 20.6. The second-order valence-corrected chi connectivity index (χ2v) is 6.43. The number of aliphatic imine (C=N–C) groups is 1. The summed E-state index contributed by atoms with van der Waals surface area (Å²) < 4.78 is 45.4. The van der Waals surface area contributed by atoms with Gasteiger partial charge in [-0.25, -0.2) is 9.97 Å². The SMILES string of the molecule is I.NC(=NCC(N1CCOCC1)C(F)(F)F)N1CCN(c2ncccn2)CC1. The van der Waals surface area contributed by atoms with Gasteiger partial charge in [-0.3, -0.25) is 9.89 Å². The molecule has 0 amide bonds. The quantitative estimate of drug-likeness (QED) is 0.361. The van der Waals surface area contributed by atoms with Crippen LogP contribution in [0.15, 0.2) is 23.5 Å². The maximum atomic E-state index is 13.4. The van der Waals surface area contributed by atoms with E-state index in [4.69, 9.17) is 10.5 Å². The van der Waals surface area contributed by atoms with Gasteiger partial charge >= 0.3 is 6.18 Å². The van der Waals surface area contributed by atoms with E-state index in [1.165, 1.54) is 4.90 Å². The van der Waals surface area contributed by atoms with Crippen molar-refractivity contribution in [2.24, 2.45) is 10.7 Å². The summed E-state index contributed by atoms with van der Waals surface area (Å²) in [6, 6.07) is 0.106. The highest BCUT2D eigenvalue weighted by atomic mass is 127. The predicted molar refractivity (Wildman–Crippen MR) is 110 cm³/mol. The maximum Gasteiger partial charge on any atom is 0.405 e. The van der Waals surface area contributed by atoms with Crippen molar-refractivity contribution < 1.29 is 17.9 Å². The van der Waals surface area contributed by atoms with Crippen LogP contribution in [0.5, 0.6) is 0 Å². The number of piperazine rings is 1. The van der Waals surface area contributed by atoms with Crippen molar-refractivity contribution in [1.82, 2.24) is 19.8 Å². The topological polar surface area (TPSA) is 83.1 Å². The van der Waals surface area contributed by atoms with Gasteiger partial charge in [-0.15, -0.1) is 24.0 Å². The van der Waals surface area contributed by atoms with Gasteiger partial charge in [-0.05, 0) is 6.07 Å². The molecule has 0 aromatic carbocycles. The number of nitrogens with two attached hydrogens (primary N) is 1. The Hall–Kier alpha value is -1.41. The third-order valence-electron chi connectivity index (χ3n) is 4.73. The van der Waals surface area contributed by atoms with Crippen LogP contribution in [0.3, 0.4) is 0 Å². The number of aromatic nitrogens is 2. The van der Waals surface area contributed by atoms with Crippen molar-refractivity contribution >= 4 is 35.9 Å². The van der Waals surface area contributed by atoms with E-state index in [1.54, 1.807) is 23.4 Å². The average Bonchev–Trinajstić information content (AvgIpc) is 2.68. The molecule has 0 saturated carbocycles. The summed E-state index contributed by atoms with van der Waals surface area (Å²) in [5, 5.41) is 0. The van der Waals surface area contributed by atoms with Crippen LogP contribution in [0, 0.1) is 0 Å². The predicted octanol–water partition coefficient (Wildman–Crippen LogP) is 0.794. The summed E-state index contributed by atoms with van der Waals surface area (Å²) in [6.07, 6.45) is -1.01. The smallest absolute Gasteiger partial charge is 0.379 e. The van der Waals surface area contributed by atoms with Crippen LogP contribution in [-0.4, -0.2) is 97.0 Å². The zero-order chi connectivity index (χ0) is 19.3. The molecular formula is C16H25F3IN7O. The zero-order valence-corrected chi connectivity index (χ0v) is 17.7. The lowest BCUT2D eigenvalue weighted by atomic mass is 10.2. The Morgan fingerprint density at radius 3 is 2.29 bits per heavy atom. The van der Waals surface area contributed by atoms with Crippen LogP contribution in [0.2, 0.25) is 0 Å². The molecule has 0 bridgehead atoms. The number of nitrogens with zero attached hydrogens (tertiary/aromatic N) is 6. The molecule has 1 aromatic rings. The largest absolute Gasteiger partial charge is 0.405 e. The van der Waals surface area contributed by atoms with Crippen LogP contribution in [-0.2, 0) is 4.74 Å². The van der Waals surface area contributed by atoms with E-state index in [1.807, 2.05) is 4.90 Å². The summed E-state index contributed by atoms with van der Waals surface area (Å²) in [6.45, 7) is 3.06. The summed E-state index contributed by atoms with van der Waals surface area (Å²) in [5.41, 5.74) is 5.97. The molecule has 1 aromatic heterocycles. The molecule has 3 heterocycles. The van der Waals surface area contributed by atoms with Crippen molar-refractivity contribution in [1.29, 1.82) is 0 Å². The van der Waals surface area contributed by atoms with Gasteiger partial charge in [-0.1, -0.05) is 0 Å². The van der Waals surface area contributed by atoms with Crippen LogP contribution in [0.1, 0.15) is 0 Å². The number of morpholine rings is 1. The Morgan fingerprint density at radius 2 is 1.71 bits per heavy atom. The number of anilines is 1.